The summed E-state index contributed by atoms with van der Waals surface area (Å²) in [6.45, 7) is 4.80. The van der Waals surface area contributed by atoms with Gasteiger partial charge in [0.05, 0.1) is 6.54 Å². The lowest BCUT2D eigenvalue weighted by atomic mass is 10.2. The van der Waals surface area contributed by atoms with Crippen molar-refractivity contribution in [2.75, 3.05) is 19.8 Å². The van der Waals surface area contributed by atoms with Gasteiger partial charge in [-0.2, -0.15) is 0 Å². The number of amides is 1. The number of nitrogens with one attached hydrogen (secondary N) is 1. The highest BCUT2D eigenvalue weighted by Crippen LogP contribution is 2.20. The monoisotopic (exact) mass is 347 g/mol. The first kappa shape index (κ1) is 18.1. The van der Waals surface area contributed by atoms with E-state index in [1.54, 1.807) is 18.2 Å². The number of benzene rings is 2. The van der Waals surface area contributed by atoms with E-state index in [2.05, 4.69) is 12.2 Å². The standard InChI is InChI=1S/C19H22ClNO3/c1-3-15-4-6-16(7-5-15)23-11-10-21-19(22)13-24-17-8-9-18(20)14(2)12-17/h4-9,12H,3,10-11,13H2,1-2H3,(H,21,22). The second kappa shape index (κ2) is 9.18. The summed E-state index contributed by atoms with van der Waals surface area (Å²) in [5.41, 5.74) is 2.18. The third-order valence-electron chi connectivity index (χ3n) is 3.52. The van der Waals surface area contributed by atoms with Gasteiger partial charge in [0.2, 0.25) is 0 Å². The third-order valence-corrected chi connectivity index (χ3v) is 3.95. The molecule has 0 saturated heterocycles. The van der Waals surface area contributed by atoms with Crippen molar-refractivity contribution >= 4 is 17.5 Å². The molecule has 0 spiro atoms. The predicted molar refractivity (Wildman–Crippen MR) is 96.0 cm³/mol. The lowest BCUT2D eigenvalue weighted by Crippen LogP contribution is -2.32. The predicted octanol–water partition coefficient (Wildman–Crippen LogP) is 3.78. The zero-order valence-corrected chi connectivity index (χ0v) is 14.7. The van der Waals surface area contributed by atoms with Crippen LogP contribution in [0.15, 0.2) is 42.5 Å². The molecule has 2 aromatic rings. The van der Waals surface area contributed by atoms with Crippen molar-refractivity contribution in [3.63, 3.8) is 0 Å². The molecule has 0 aliphatic heterocycles. The molecule has 1 N–H and O–H groups in total. The normalized spacial score (nSPS) is 10.3. The van der Waals surface area contributed by atoms with Crippen LogP contribution in [0.3, 0.4) is 0 Å². The van der Waals surface area contributed by atoms with E-state index in [9.17, 15) is 4.79 Å². The van der Waals surface area contributed by atoms with Crippen molar-refractivity contribution in [1.82, 2.24) is 5.32 Å². The Hall–Kier alpha value is -2.20. The van der Waals surface area contributed by atoms with Gasteiger partial charge in [-0.3, -0.25) is 4.79 Å². The molecule has 0 fully saturated rings. The molecule has 0 unspecified atom stereocenters. The summed E-state index contributed by atoms with van der Waals surface area (Å²) in [6, 6.07) is 13.2. The Bertz CT molecular complexity index is 671. The van der Waals surface area contributed by atoms with Crippen LogP contribution < -0.4 is 14.8 Å². The van der Waals surface area contributed by atoms with Crippen molar-refractivity contribution in [3.05, 3.63) is 58.6 Å². The van der Waals surface area contributed by atoms with E-state index < -0.39 is 0 Å². The van der Waals surface area contributed by atoms with Gasteiger partial charge >= 0.3 is 0 Å². The number of carbonyl (C=O) groups excluding carboxylic acids is 1. The molecule has 0 aliphatic carbocycles. The quantitative estimate of drug-likeness (QED) is 0.739. The number of aryl methyl sites for hydroxylation is 2. The van der Waals surface area contributed by atoms with Crippen molar-refractivity contribution in [2.24, 2.45) is 0 Å². The first-order chi connectivity index (χ1) is 11.6. The molecule has 4 nitrogen and oxygen atoms in total. The van der Waals surface area contributed by atoms with Crippen molar-refractivity contribution < 1.29 is 14.3 Å². The Labute approximate surface area is 147 Å². The molecule has 0 heterocycles. The summed E-state index contributed by atoms with van der Waals surface area (Å²) < 4.78 is 11.0. The van der Waals surface area contributed by atoms with Crippen LogP contribution in [0.2, 0.25) is 5.02 Å². The SMILES string of the molecule is CCc1ccc(OCCNC(=O)COc2ccc(Cl)c(C)c2)cc1. The average molecular weight is 348 g/mol. The molecule has 24 heavy (non-hydrogen) atoms. The summed E-state index contributed by atoms with van der Waals surface area (Å²) in [5.74, 6) is 1.24. The molecule has 0 aromatic heterocycles. The van der Waals surface area contributed by atoms with Crippen LogP contribution >= 0.6 is 11.6 Å². The second-order valence-electron chi connectivity index (χ2n) is 5.40. The Morgan fingerprint density at radius 3 is 2.46 bits per heavy atom. The van der Waals surface area contributed by atoms with Gasteiger partial charge in [0.1, 0.15) is 18.1 Å². The fraction of sp³-hybridized carbons (Fsp3) is 0.316. The topological polar surface area (TPSA) is 47.6 Å². The van der Waals surface area contributed by atoms with E-state index in [4.69, 9.17) is 21.1 Å². The van der Waals surface area contributed by atoms with E-state index in [1.807, 2.05) is 31.2 Å². The smallest absolute Gasteiger partial charge is 0.258 e. The maximum Gasteiger partial charge on any atom is 0.258 e. The minimum absolute atomic E-state index is 0.0354. The van der Waals surface area contributed by atoms with Crippen LogP contribution in [0.5, 0.6) is 11.5 Å². The summed E-state index contributed by atoms with van der Waals surface area (Å²) in [6.07, 6.45) is 1.00. The maximum absolute atomic E-state index is 11.7. The van der Waals surface area contributed by atoms with Crippen LogP contribution in [-0.4, -0.2) is 25.7 Å². The van der Waals surface area contributed by atoms with E-state index in [0.717, 1.165) is 17.7 Å². The number of halogens is 1. The van der Waals surface area contributed by atoms with E-state index in [0.29, 0.717) is 23.9 Å². The zero-order chi connectivity index (χ0) is 17.4. The van der Waals surface area contributed by atoms with E-state index in [-0.39, 0.29) is 12.5 Å². The number of hydrogen-bond acceptors (Lipinski definition) is 3. The van der Waals surface area contributed by atoms with Crippen molar-refractivity contribution in [1.29, 1.82) is 0 Å². The van der Waals surface area contributed by atoms with Crippen molar-refractivity contribution in [3.8, 4) is 11.5 Å². The highest BCUT2D eigenvalue weighted by molar-refractivity contribution is 6.31. The maximum atomic E-state index is 11.7. The van der Waals surface area contributed by atoms with Gasteiger partial charge in [0, 0.05) is 5.02 Å². The highest BCUT2D eigenvalue weighted by Gasteiger charge is 2.04. The van der Waals surface area contributed by atoms with Crippen LogP contribution in [-0.2, 0) is 11.2 Å². The largest absolute Gasteiger partial charge is 0.492 e. The molecule has 0 saturated carbocycles. The summed E-state index contributed by atoms with van der Waals surface area (Å²) >= 11 is 5.95. The number of carbonyl (C=O) groups is 1. The molecule has 0 atom stereocenters. The molecular formula is C19H22ClNO3. The van der Waals surface area contributed by atoms with Gasteiger partial charge in [-0.25, -0.2) is 0 Å². The Kier molecular flexibility index (Phi) is 6.94. The lowest BCUT2D eigenvalue weighted by Gasteiger charge is -2.10. The third kappa shape index (κ3) is 5.78. The molecule has 2 rings (SSSR count). The summed E-state index contributed by atoms with van der Waals surface area (Å²) in [5, 5.41) is 3.43. The Balaban J connectivity index is 1.64. The first-order valence-corrected chi connectivity index (χ1v) is 8.33. The summed E-state index contributed by atoms with van der Waals surface area (Å²) in [7, 11) is 0. The van der Waals surface area contributed by atoms with Gasteiger partial charge in [-0.1, -0.05) is 30.7 Å². The van der Waals surface area contributed by atoms with Crippen molar-refractivity contribution in [2.45, 2.75) is 20.3 Å². The van der Waals surface area contributed by atoms with Crippen LogP contribution in [0, 0.1) is 6.92 Å². The lowest BCUT2D eigenvalue weighted by molar-refractivity contribution is -0.123. The van der Waals surface area contributed by atoms with E-state index in [1.165, 1.54) is 5.56 Å². The molecule has 2 aromatic carbocycles. The Morgan fingerprint density at radius 2 is 1.79 bits per heavy atom. The Morgan fingerprint density at radius 1 is 1.08 bits per heavy atom. The minimum atomic E-state index is -0.187. The molecule has 1 amide bonds. The van der Waals surface area contributed by atoms with Gasteiger partial charge in [-0.05, 0) is 54.8 Å². The number of rotatable bonds is 8. The van der Waals surface area contributed by atoms with Gasteiger partial charge in [0.25, 0.3) is 5.91 Å². The minimum Gasteiger partial charge on any atom is -0.492 e. The number of ether oxygens (including phenoxy) is 2. The molecule has 0 radical (unpaired) electrons. The first-order valence-electron chi connectivity index (χ1n) is 7.96. The number of hydrogen-bond donors (Lipinski definition) is 1. The van der Waals surface area contributed by atoms with Gasteiger partial charge in [0.15, 0.2) is 6.61 Å². The van der Waals surface area contributed by atoms with Crippen LogP contribution in [0.4, 0.5) is 0 Å². The van der Waals surface area contributed by atoms with Crippen LogP contribution in [0.25, 0.3) is 0 Å². The van der Waals surface area contributed by atoms with Crippen LogP contribution in [0.1, 0.15) is 18.1 Å². The molecule has 0 aliphatic rings. The average Bonchev–Trinajstić information content (AvgIpc) is 2.60. The van der Waals surface area contributed by atoms with E-state index >= 15 is 0 Å². The molecule has 0 bridgehead atoms. The molecule has 128 valence electrons. The van der Waals surface area contributed by atoms with Gasteiger partial charge in [-0.15, -0.1) is 0 Å². The molecule has 5 heteroatoms. The molecular weight excluding hydrogens is 326 g/mol. The zero-order valence-electron chi connectivity index (χ0n) is 14.0. The fourth-order valence-corrected chi connectivity index (χ4v) is 2.21. The highest BCUT2D eigenvalue weighted by atomic mass is 35.5. The second-order valence-corrected chi connectivity index (χ2v) is 5.80. The summed E-state index contributed by atoms with van der Waals surface area (Å²) in [4.78, 5) is 11.7. The fourth-order valence-electron chi connectivity index (χ4n) is 2.09. The van der Waals surface area contributed by atoms with Gasteiger partial charge < -0.3 is 14.8 Å².